The zero-order valence-electron chi connectivity index (χ0n) is 22.6. The van der Waals surface area contributed by atoms with Crippen LogP contribution in [0.5, 0.6) is 5.75 Å². The van der Waals surface area contributed by atoms with E-state index in [9.17, 15) is 14.2 Å². The maximum Gasteiger partial charge on any atom is 0.510 e. The molecule has 0 amide bonds. The Morgan fingerprint density at radius 1 is 0.811 bits per heavy atom. The van der Waals surface area contributed by atoms with Crippen molar-refractivity contribution < 1.29 is 51.4 Å². The van der Waals surface area contributed by atoms with Gasteiger partial charge in [-0.25, -0.2) is 27.7 Å². The molecule has 0 saturated heterocycles. The summed E-state index contributed by atoms with van der Waals surface area (Å²) < 4.78 is 53.7. The van der Waals surface area contributed by atoms with Crippen LogP contribution >= 0.6 is 7.82 Å². The van der Waals surface area contributed by atoms with Gasteiger partial charge in [-0.15, -0.1) is 0 Å². The third-order valence-electron chi connectivity index (χ3n) is 5.37. The molecule has 1 fully saturated rings. The highest BCUT2D eigenvalue weighted by molar-refractivity contribution is 7.48. The SMILES string of the molecule is CC(C)OC(=O)OCOP(=O)(OCOC(=O)OC(C)C)OCOc1c(C(C)C)cccc1[C@H](C)C1CC1. The van der Waals surface area contributed by atoms with Gasteiger partial charge in [0.1, 0.15) is 5.75 Å². The molecule has 1 aromatic rings. The standard InChI is InChI=1S/C25H39O11P/c1-16(2)21-9-8-10-22(19(7)20-11-12-20)23(21)29-13-32-37(28,33-14-30-24(26)35-17(3)4)34-15-31-25(27)36-18(5)6/h8-10,16-20H,11-15H2,1-7H3/t19-/m1/s1. The average Bonchev–Trinajstić information content (AvgIpc) is 3.63. The lowest BCUT2D eigenvalue weighted by molar-refractivity contribution is -0.0529. The summed E-state index contributed by atoms with van der Waals surface area (Å²) in [6, 6.07) is 5.98. The number of benzene rings is 1. The Balaban J connectivity index is 2.07. The fraction of sp³-hybridized carbons (Fsp3) is 0.680. The molecule has 0 heterocycles. The fourth-order valence-corrected chi connectivity index (χ4v) is 4.17. The lowest BCUT2D eigenvalue weighted by atomic mass is 9.90. The molecule has 1 saturated carbocycles. The Kier molecular flexibility index (Phi) is 12.2. The van der Waals surface area contributed by atoms with Crippen molar-refractivity contribution in [3.63, 3.8) is 0 Å². The van der Waals surface area contributed by atoms with Crippen LogP contribution in [0.4, 0.5) is 9.59 Å². The molecular weight excluding hydrogens is 507 g/mol. The highest BCUT2D eigenvalue weighted by atomic mass is 31.2. The van der Waals surface area contributed by atoms with Crippen LogP contribution in [0.25, 0.3) is 0 Å². The number of carbonyl (C=O) groups excluding carboxylic acids is 2. The number of carbonyl (C=O) groups is 2. The molecule has 37 heavy (non-hydrogen) atoms. The Hall–Kier alpha value is -2.33. The van der Waals surface area contributed by atoms with Crippen LogP contribution in [0.3, 0.4) is 0 Å². The summed E-state index contributed by atoms with van der Waals surface area (Å²) in [5, 5.41) is 0. The average molecular weight is 547 g/mol. The molecule has 2 rings (SSSR count). The van der Waals surface area contributed by atoms with Crippen molar-refractivity contribution >= 4 is 20.1 Å². The van der Waals surface area contributed by atoms with Gasteiger partial charge >= 0.3 is 20.1 Å². The molecule has 0 aliphatic heterocycles. The smallest absolute Gasteiger partial charge is 0.466 e. The van der Waals surface area contributed by atoms with E-state index in [1.807, 2.05) is 32.0 Å². The first-order valence-corrected chi connectivity index (χ1v) is 13.8. The van der Waals surface area contributed by atoms with Crippen LogP contribution in [0.1, 0.15) is 84.3 Å². The van der Waals surface area contributed by atoms with Gasteiger partial charge in [0.05, 0.1) is 12.2 Å². The zero-order valence-corrected chi connectivity index (χ0v) is 23.5. The van der Waals surface area contributed by atoms with Crippen LogP contribution in [-0.4, -0.2) is 44.9 Å². The molecule has 0 radical (unpaired) electrons. The molecular formula is C25H39O11P. The summed E-state index contributed by atoms with van der Waals surface area (Å²) in [6.07, 6.45) is -0.572. The Morgan fingerprint density at radius 3 is 1.76 bits per heavy atom. The fourth-order valence-electron chi connectivity index (χ4n) is 3.40. The van der Waals surface area contributed by atoms with Gasteiger partial charge in [-0.1, -0.05) is 39.0 Å². The number of phosphoric acid groups is 1. The quantitative estimate of drug-likeness (QED) is 0.130. The van der Waals surface area contributed by atoms with E-state index in [4.69, 9.17) is 37.3 Å². The van der Waals surface area contributed by atoms with E-state index in [1.54, 1.807) is 27.7 Å². The summed E-state index contributed by atoms with van der Waals surface area (Å²) in [6.45, 7) is 10.7. The van der Waals surface area contributed by atoms with Crippen molar-refractivity contribution in [1.29, 1.82) is 0 Å². The van der Waals surface area contributed by atoms with E-state index in [2.05, 4.69) is 6.92 Å². The van der Waals surface area contributed by atoms with Crippen LogP contribution in [0.15, 0.2) is 18.2 Å². The van der Waals surface area contributed by atoms with Gasteiger partial charge in [-0.2, -0.15) is 0 Å². The molecule has 0 N–H and O–H groups in total. The molecule has 1 aliphatic rings. The van der Waals surface area contributed by atoms with E-state index in [1.165, 1.54) is 12.8 Å². The number of ether oxygens (including phenoxy) is 5. The molecule has 1 atom stereocenters. The molecule has 0 unspecified atom stereocenters. The number of hydrogen-bond acceptors (Lipinski definition) is 11. The van der Waals surface area contributed by atoms with E-state index in [-0.39, 0.29) is 11.8 Å². The predicted molar refractivity (Wildman–Crippen MR) is 133 cm³/mol. The first-order valence-electron chi connectivity index (χ1n) is 12.4. The third-order valence-corrected chi connectivity index (χ3v) is 6.64. The first-order chi connectivity index (χ1) is 17.4. The minimum absolute atomic E-state index is 0.168. The molecule has 1 aromatic carbocycles. The topological polar surface area (TPSA) is 125 Å². The third kappa shape index (κ3) is 10.9. The van der Waals surface area contributed by atoms with Crippen LogP contribution < -0.4 is 4.74 Å². The highest BCUT2D eigenvalue weighted by Gasteiger charge is 2.33. The molecule has 0 bridgehead atoms. The normalized spacial score (nSPS) is 14.5. The molecule has 0 spiro atoms. The van der Waals surface area contributed by atoms with Crippen LogP contribution in [0, 0.1) is 5.92 Å². The van der Waals surface area contributed by atoms with Gasteiger partial charge < -0.3 is 23.7 Å². The number of phosphoric ester groups is 1. The first kappa shape index (κ1) is 30.9. The van der Waals surface area contributed by atoms with Gasteiger partial charge in [0, 0.05) is 0 Å². The summed E-state index contributed by atoms with van der Waals surface area (Å²) in [5.41, 5.74) is 2.01. The second-order valence-electron chi connectivity index (χ2n) is 9.50. The Morgan fingerprint density at radius 2 is 1.30 bits per heavy atom. The lowest BCUT2D eigenvalue weighted by Gasteiger charge is -2.23. The van der Waals surface area contributed by atoms with Crippen LogP contribution in [0.2, 0.25) is 0 Å². The van der Waals surface area contributed by atoms with Crippen molar-refractivity contribution in [2.45, 2.75) is 85.4 Å². The van der Waals surface area contributed by atoms with Crippen molar-refractivity contribution in [3.8, 4) is 5.75 Å². The maximum atomic E-state index is 13.2. The van der Waals surface area contributed by atoms with Gasteiger partial charge in [0.2, 0.25) is 13.6 Å². The van der Waals surface area contributed by atoms with E-state index in [0.29, 0.717) is 11.7 Å². The lowest BCUT2D eigenvalue weighted by Crippen LogP contribution is -2.17. The molecule has 1 aliphatic carbocycles. The van der Waals surface area contributed by atoms with E-state index < -0.39 is 52.7 Å². The number of hydrogen-bond donors (Lipinski definition) is 0. The second kappa shape index (κ2) is 14.6. The zero-order chi connectivity index (χ0) is 27.6. The van der Waals surface area contributed by atoms with Gasteiger partial charge in [-0.3, -0.25) is 0 Å². The molecule has 12 heteroatoms. The molecule has 0 aromatic heterocycles. The minimum atomic E-state index is -4.41. The summed E-state index contributed by atoms with van der Waals surface area (Å²) in [4.78, 5) is 23.2. The monoisotopic (exact) mass is 546 g/mol. The van der Waals surface area contributed by atoms with Crippen molar-refractivity contribution in [3.05, 3.63) is 29.3 Å². The summed E-state index contributed by atoms with van der Waals surface area (Å²) in [7, 11) is -4.41. The maximum absolute atomic E-state index is 13.2. The van der Waals surface area contributed by atoms with Gasteiger partial charge in [-0.05, 0) is 69.4 Å². The Bertz CT molecular complexity index is 895. The molecule has 11 nitrogen and oxygen atoms in total. The van der Waals surface area contributed by atoms with Gasteiger partial charge in [0.25, 0.3) is 0 Å². The highest BCUT2D eigenvalue weighted by Crippen LogP contribution is 2.50. The largest absolute Gasteiger partial charge is 0.510 e. The van der Waals surface area contributed by atoms with Crippen LogP contribution in [-0.2, 0) is 37.1 Å². The Labute approximate surface area is 218 Å². The number of rotatable bonds is 15. The van der Waals surface area contributed by atoms with Crippen molar-refractivity contribution in [2.24, 2.45) is 5.92 Å². The van der Waals surface area contributed by atoms with Crippen molar-refractivity contribution in [1.82, 2.24) is 0 Å². The summed E-state index contributed by atoms with van der Waals surface area (Å²) >= 11 is 0. The van der Waals surface area contributed by atoms with Gasteiger partial charge in [0.15, 0.2) is 6.79 Å². The summed E-state index contributed by atoms with van der Waals surface area (Å²) in [5.74, 6) is 1.70. The van der Waals surface area contributed by atoms with E-state index >= 15 is 0 Å². The van der Waals surface area contributed by atoms with E-state index in [0.717, 1.165) is 11.1 Å². The predicted octanol–water partition coefficient (Wildman–Crippen LogP) is 6.86. The second-order valence-corrected chi connectivity index (χ2v) is 11.2. The number of para-hydroxylation sites is 1. The molecule has 210 valence electrons. The minimum Gasteiger partial charge on any atom is -0.466 e. The van der Waals surface area contributed by atoms with Crippen molar-refractivity contribution in [2.75, 3.05) is 20.4 Å².